The van der Waals surface area contributed by atoms with Gasteiger partial charge in [-0.25, -0.2) is 4.39 Å². The van der Waals surface area contributed by atoms with Crippen LogP contribution in [0.5, 0.6) is 0 Å². The molecular weight excluding hydrogens is 367 g/mol. The first kappa shape index (κ1) is 20.9. The van der Waals surface area contributed by atoms with Crippen LogP contribution in [-0.4, -0.2) is 29.3 Å². The summed E-state index contributed by atoms with van der Waals surface area (Å²) in [6, 6.07) is 12.4. The molecule has 0 aliphatic carbocycles. The molecule has 0 aliphatic rings. The van der Waals surface area contributed by atoms with Gasteiger partial charge >= 0.3 is 0 Å². The Balaban J connectivity index is 2.20. The Morgan fingerprint density at radius 1 is 1.15 bits per heavy atom. The van der Waals surface area contributed by atoms with Gasteiger partial charge < -0.3 is 10.2 Å². The molecule has 0 saturated heterocycles. The highest BCUT2D eigenvalue weighted by Gasteiger charge is 2.26. The molecule has 2 amide bonds. The summed E-state index contributed by atoms with van der Waals surface area (Å²) in [4.78, 5) is 26.9. The average molecular weight is 391 g/mol. The summed E-state index contributed by atoms with van der Waals surface area (Å²) in [5.74, 6) is -0.747. The fourth-order valence-corrected chi connectivity index (χ4v) is 2.90. The Morgan fingerprint density at radius 3 is 2.48 bits per heavy atom. The van der Waals surface area contributed by atoms with Crippen LogP contribution in [0.2, 0.25) is 5.02 Å². The lowest BCUT2D eigenvalue weighted by molar-refractivity contribution is -0.140. The standard InChI is InChI=1S/C21H24ClFN2O2/c1-3-11-24-21(27)15(2)25(14-16-7-9-19(23)10-8-16)20(26)13-17-5-4-6-18(22)12-17/h4-10,12,15H,3,11,13-14H2,1-2H3,(H,24,27)/t15-/m1/s1. The summed E-state index contributed by atoms with van der Waals surface area (Å²) in [7, 11) is 0. The fourth-order valence-electron chi connectivity index (χ4n) is 2.69. The van der Waals surface area contributed by atoms with Gasteiger partial charge in [0.1, 0.15) is 11.9 Å². The number of rotatable bonds is 8. The number of benzene rings is 2. The van der Waals surface area contributed by atoms with E-state index in [-0.39, 0.29) is 30.6 Å². The summed E-state index contributed by atoms with van der Waals surface area (Å²) in [5, 5.41) is 3.38. The number of nitrogens with zero attached hydrogens (tertiary/aromatic N) is 1. The minimum atomic E-state index is -0.645. The van der Waals surface area contributed by atoms with Crippen LogP contribution >= 0.6 is 11.6 Å². The third-order valence-electron chi connectivity index (χ3n) is 4.23. The van der Waals surface area contributed by atoms with Crippen LogP contribution in [0, 0.1) is 5.82 Å². The zero-order valence-electron chi connectivity index (χ0n) is 15.5. The summed E-state index contributed by atoms with van der Waals surface area (Å²) < 4.78 is 13.2. The Bertz CT molecular complexity index is 780. The van der Waals surface area contributed by atoms with E-state index in [9.17, 15) is 14.0 Å². The van der Waals surface area contributed by atoms with Gasteiger partial charge in [-0.05, 0) is 48.7 Å². The Hall–Kier alpha value is -2.40. The van der Waals surface area contributed by atoms with E-state index < -0.39 is 6.04 Å². The van der Waals surface area contributed by atoms with E-state index in [1.54, 1.807) is 37.3 Å². The molecule has 0 spiro atoms. The van der Waals surface area contributed by atoms with Gasteiger partial charge in [0.15, 0.2) is 0 Å². The van der Waals surface area contributed by atoms with E-state index in [0.29, 0.717) is 11.6 Å². The van der Waals surface area contributed by atoms with Crippen LogP contribution in [0.3, 0.4) is 0 Å². The first-order valence-corrected chi connectivity index (χ1v) is 9.34. The predicted molar refractivity (Wildman–Crippen MR) is 105 cm³/mol. The highest BCUT2D eigenvalue weighted by atomic mass is 35.5. The van der Waals surface area contributed by atoms with Crippen molar-refractivity contribution < 1.29 is 14.0 Å². The molecule has 0 bridgehead atoms. The van der Waals surface area contributed by atoms with Crippen LogP contribution in [0.25, 0.3) is 0 Å². The van der Waals surface area contributed by atoms with Gasteiger partial charge in [-0.1, -0.05) is 42.8 Å². The minimum Gasteiger partial charge on any atom is -0.354 e. The lowest BCUT2D eigenvalue weighted by Gasteiger charge is -2.29. The van der Waals surface area contributed by atoms with Gasteiger partial charge in [-0.15, -0.1) is 0 Å². The van der Waals surface area contributed by atoms with E-state index >= 15 is 0 Å². The summed E-state index contributed by atoms with van der Waals surface area (Å²) in [6.45, 7) is 4.44. The van der Waals surface area contributed by atoms with Gasteiger partial charge in [0.2, 0.25) is 11.8 Å². The smallest absolute Gasteiger partial charge is 0.242 e. The molecule has 2 rings (SSSR count). The fraction of sp³-hybridized carbons (Fsp3) is 0.333. The van der Waals surface area contributed by atoms with Crippen LogP contribution < -0.4 is 5.32 Å². The Morgan fingerprint density at radius 2 is 1.85 bits per heavy atom. The lowest BCUT2D eigenvalue weighted by atomic mass is 10.1. The number of amides is 2. The van der Waals surface area contributed by atoms with E-state index in [1.807, 2.05) is 13.0 Å². The normalized spacial score (nSPS) is 11.7. The topological polar surface area (TPSA) is 49.4 Å². The molecule has 1 atom stereocenters. The number of hydrogen-bond acceptors (Lipinski definition) is 2. The monoisotopic (exact) mass is 390 g/mol. The second-order valence-electron chi connectivity index (χ2n) is 6.42. The molecule has 0 fully saturated rings. The van der Waals surface area contributed by atoms with Gasteiger partial charge in [0, 0.05) is 18.1 Å². The van der Waals surface area contributed by atoms with E-state index in [2.05, 4.69) is 5.32 Å². The quantitative estimate of drug-likeness (QED) is 0.741. The first-order chi connectivity index (χ1) is 12.9. The summed E-state index contributed by atoms with van der Waals surface area (Å²) >= 11 is 6.00. The van der Waals surface area contributed by atoms with Gasteiger partial charge in [-0.3, -0.25) is 9.59 Å². The van der Waals surface area contributed by atoms with Gasteiger partial charge in [0.05, 0.1) is 6.42 Å². The number of hydrogen-bond donors (Lipinski definition) is 1. The van der Waals surface area contributed by atoms with Crippen molar-refractivity contribution >= 4 is 23.4 Å². The molecule has 0 heterocycles. The summed E-state index contributed by atoms with van der Waals surface area (Å²) in [6.07, 6.45) is 0.944. The van der Waals surface area contributed by atoms with Crippen LogP contribution in [0.15, 0.2) is 48.5 Å². The van der Waals surface area contributed by atoms with Crippen molar-refractivity contribution in [2.75, 3.05) is 6.54 Å². The number of halogens is 2. The van der Waals surface area contributed by atoms with Crippen molar-refractivity contribution in [1.29, 1.82) is 0 Å². The first-order valence-electron chi connectivity index (χ1n) is 8.96. The molecule has 0 unspecified atom stereocenters. The molecule has 2 aromatic carbocycles. The SMILES string of the molecule is CCCNC(=O)[C@@H](C)N(Cc1ccc(F)cc1)C(=O)Cc1cccc(Cl)c1. The Kier molecular flexibility index (Phi) is 7.80. The Labute approximate surface area is 164 Å². The molecular formula is C21H24ClFN2O2. The molecule has 6 heteroatoms. The third kappa shape index (κ3) is 6.36. The van der Waals surface area contributed by atoms with Crippen LogP contribution in [-0.2, 0) is 22.6 Å². The highest BCUT2D eigenvalue weighted by Crippen LogP contribution is 2.15. The zero-order chi connectivity index (χ0) is 19.8. The maximum absolute atomic E-state index is 13.2. The van der Waals surface area contributed by atoms with Crippen molar-refractivity contribution in [3.8, 4) is 0 Å². The van der Waals surface area contributed by atoms with Gasteiger partial charge in [0.25, 0.3) is 0 Å². The molecule has 0 aliphatic heterocycles. The number of carbonyl (C=O) groups is 2. The largest absolute Gasteiger partial charge is 0.354 e. The maximum Gasteiger partial charge on any atom is 0.242 e. The molecule has 0 aromatic heterocycles. The van der Waals surface area contributed by atoms with E-state index in [0.717, 1.165) is 17.5 Å². The molecule has 1 N–H and O–H groups in total. The van der Waals surface area contributed by atoms with E-state index in [1.165, 1.54) is 17.0 Å². The molecule has 2 aromatic rings. The van der Waals surface area contributed by atoms with Crippen LogP contribution in [0.4, 0.5) is 4.39 Å². The zero-order valence-corrected chi connectivity index (χ0v) is 16.3. The second-order valence-corrected chi connectivity index (χ2v) is 6.86. The average Bonchev–Trinajstić information content (AvgIpc) is 2.65. The summed E-state index contributed by atoms with van der Waals surface area (Å²) in [5.41, 5.74) is 1.53. The molecule has 0 saturated carbocycles. The molecule has 27 heavy (non-hydrogen) atoms. The molecule has 4 nitrogen and oxygen atoms in total. The third-order valence-corrected chi connectivity index (χ3v) is 4.46. The molecule has 144 valence electrons. The molecule has 0 radical (unpaired) electrons. The maximum atomic E-state index is 13.2. The minimum absolute atomic E-state index is 0.132. The van der Waals surface area contributed by atoms with Crippen LogP contribution in [0.1, 0.15) is 31.4 Å². The van der Waals surface area contributed by atoms with Crippen molar-refractivity contribution in [3.05, 3.63) is 70.5 Å². The van der Waals surface area contributed by atoms with Gasteiger partial charge in [-0.2, -0.15) is 0 Å². The van der Waals surface area contributed by atoms with E-state index in [4.69, 9.17) is 11.6 Å². The van der Waals surface area contributed by atoms with Crippen molar-refractivity contribution in [2.24, 2.45) is 0 Å². The predicted octanol–water partition coefficient (Wildman–Crippen LogP) is 3.97. The van der Waals surface area contributed by atoms with Crippen molar-refractivity contribution in [2.45, 2.75) is 39.3 Å². The van der Waals surface area contributed by atoms with Crippen molar-refractivity contribution in [1.82, 2.24) is 10.2 Å². The van der Waals surface area contributed by atoms with Crippen molar-refractivity contribution in [3.63, 3.8) is 0 Å². The highest BCUT2D eigenvalue weighted by molar-refractivity contribution is 6.30. The number of carbonyl (C=O) groups excluding carboxylic acids is 2. The second kappa shape index (κ2) is 10.1. The lowest BCUT2D eigenvalue weighted by Crippen LogP contribution is -2.48. The number of nitrogens with one attached hydrogen (secondary N) is 1.